The summed E-state index contributed by atoms with van der Waals surface area (Å²) in [6, 6.07) is 1.38. The van der Waals surface area contributed by atoms with Gasteiger partial charge in [-0.05, 0) is 46.7 Å². The van der Waals surface area contributed by atoms with Gasteiger partial charge in [0.1, 0.15) is 0 Å². The molecule has 0 spiro atoms. The first-order chi connectivity index (χ1) is 8.16. The molecule has 0 atom stereocenters. The standard InChI is InChI=1S/C13H23N3S/c1-10(2)16-6-4-12(5-7-16)14-8-13-11(3)15-9-17-13/h9-10,12,14H,4-8H2,1-3H3. The molecule has 3 nitrogen and oxygen atoms in total. The van der Waals surface area contributed by atoms with Crippen LogP contribution in [0.15, 0.2) is 5.51 Å². The van der Waals surface area contributed by atoms with Crippen molar-refractivity contribution in [1.29, 1.82) is 0 Å². The molecule has 1 aliphatic heterocycles. The first-order valence-corrected chi connectivity index (χ1v) is 7.41. The van der Waals surface area contributed by atoms with Crippen LogP contribution in [-0.2, 0) is 6.54 Å². The van der Waals surface area contributed by atoms with Crippen molar-refractivity contribution >= 4 is 11.3 Å². The SMILES string of the molecule is Cc1ncsc1CNC1CCN(C(C)C)CC1. The fourth-order valence-corrected chi connectivity index (χ4v) is 3.08. The van der Waals surface area contributed by atoms with Gasteiger partial charge in [0.15, 0.2) is 0 Å². The number of likely N-dealkylation sites (tertiary alicyclic amines) is 1. The molecule has 1 aliphatic rings. The van der Waals surface area contributed by atoms with Crippen molar-refractivity contribution in [3.8, 4) is 0 Å². The van der Waals surface area contributed by atoms with Crippen molar-refractivity contribution in [2.75, 3.05) is 13.1 Å². The lowest BCUT2D eigenvalue weighted by Crippen LogP contribution is -2.44. The number of piperidine rings is 1. The summed E-state index contributed by atoms with van der Waals surface area (Å²) >= 11 is 1.76. The van der Waals surface area contributed by atoms with E-state index in [1.54, 1.807) is 11.3 Å². The molecule has 0 unspecified atom stereocenters. The van der Waals surface area contributed by atoms with Crippen molar-refractivity contribution < 1.29 is 0 Å². The highest BCUT2D eigenvalue weighted by Crippen LogP contribution is 2.16. The van der Waals surface area contributed by atoms with Gasteiger partial charge in [0, 0.05) is 23.5 Å². The van der Waals surface area contributed by atoms with E-state index in [2.05, 4.69) is 36.0 Å². The molecule has 0 aromatic carbocycles. The van der Waals surface area contributed by atoms with Gasteiger partial charge in [-0.25, -0.2) is 4.98 Å². The topological polar surface area (TPSA) is 28.2 Å². The molecule has 17 heavy (non-hydrogen) atoms. The number of aryl methyl sites for hydroxylation is 1. The van der Waals surface area contributed by atoms with E-state index in [0.717, 1.165) is 6.54 Å². The Hall–Kier alpha value is -0.450. The highest BCUT2D eigenvalue weighted by atomic mass is 32.1. The van der Waals surface area contributed by atoms with Crippen LogP contribution in [0.25, 0.3) is 0 Å². The lowest BCUT2D eigenvalue weighted by atomic mass is 10.0. The van der Waals surface area contributed by atoms with Gasteiger partial charge >= 0.3 is 0 Å². The number of thiazole rings is 1. The van der Waals surface area contributed by atoms with E-state index >= 15 is 0 Å². The van der Waals surface area contributed by atoms with E-state index in [1.165, 1.54) is 36.5 Å². The van der Waals surface area contributed by atoms with Crippen LogP contribution in [0.5, 0.6) is 0 Å². The molecule has 1 aromatic heterocycles. The van der Waals surface area contributed by atoms with Crippen molar-refractivity contribution in [2.24, 2.45) is 0 Å². The summed E-state index contributed by atoms with van der Waals surface area (Å²) in [6.45, 7) is 10.1. The van der Waals surface area contributed by atoms with Gasteiger partial charge in [-0.3, -0.25) is 0 Å². The molecule has 2 rings (SSSR count). The van der Waals surface area contributed by atoms with E-state index in [9.17, 15) is 0 Å². The molecule has 2 heterocycles. The smallest absolute Gasteiger partial charge is 0.0798 e. The van der Waals surface area contributed by atoms with E-state index in [4.69, 9.17) is 0 Å². The minimum atomic E-state index is 0.687. The predicted octanol–water partition coefficient (Wildman–Crippen LogP) is 2.41. The van der Waals surface area contributed by atoms with Gasteiger partial charge in [0.2, 0.25) is 0 Å². The first-order valence-electron chi connectivity index (χ1n) is 6.53. The van der Waals surface area contributed by atoms with Gasteiger partial charge in [-0.15, -0.1) is 11.3 Å². The van der Waals surface area contributed by atoms with E-state index in [1.807, 2.05) is 5.51 Å². The number of hydrogen-bond acceptors (Lipinski definition) is 4. The molecule has 0 saturated carbocycles. The van der Waals surface area contributed by atoms with Crippen LogP contribution in [0.4, 0.5) is 0 Å². The number of hydrogen-bond donors (Lipinski definition) is 1. The normalized spacial score (nSPS) is 19.1. The summed E-state index contributed by atoms with van der Waals surface area (Å²) in [6.07, 6.45) is 2.55. The van der Waals surface area contributed by atoms with E-state index in [0.29, 0.717) is 12.1 Å². The summed E-state index contributed by atoms with van der Waals surface area (Å²) in [4.78, 5) is 8.24. The highest BCUT2D eigenvalue weighted by Gasteiger charge is 2.20. The Morgan fingerprint density at radius 2 is 2.18 bits per heavy atom. The fourth-order valence-electron chi connectivity index (χ4n) is 2.35. The average molecular weight is 253 g/mol. The van der Waals surface area contributed by atoms with Crippen molar-refractivity contribution in [2.45, 2.75) is 52.2 Å². The van der Waals surface area contributed by atoms with E-state index in [-0.39, 0.29) is 0 Å². The molecule has 0 radical (unpaired) electrons. The minimum absolute atomic E-state index is 0.687. The molecule has 1 N–H and O–H groups in total. The molecule has 1 aromatic rings. The molecular formula is C13H23N3S. The van der Waals surface area contributed by atoms with Gasteiger partial charge in [0.25, 0.3) is 0 Å². The third-order valence-corrected chi connectivity index (χ3v) is 4.59. The molecule has 0 aliphatic carbocycles. The summed E-state index contributed by atoms with van der Waals surface area (Å²) in [5.74, 6) is 0. The zero-order chi connectivity index (χ0) is 12.3. The maximum atomic E-state index is 4.29. The Bertz CT molecular complexity index is 340. The molecule has 4 heteroatoms. The van der Waals surface area contributed by atoms with Gasteiger partial charge in [-0.2, -0.15) is 0 Å². The van der Waals surface area contributed by atoms with Crippen molar-refractivity contribution in [3.05, 3.63) is 16.1 Å². The first kappa shape index (κ1) is 13.0. The quantitative estimate of drug-likeness (QED) is 0.893. The molecular weight excluding hydrogens is 230 g/mol. The van der Waals surface area contributed by atoms with Gasteiger partial charge in [-0.1, -0.05) is 0 Å². The Labute approximate surface area is 108 Å². The maximum Gasteiger partial charge on any atom is 0.0798 e. The van der Waals surface area contributed by atoms with Crippen LogP contribution >= 0.6 is 11.3 Å². The average Bonchev–Trinajstić information content (AvgIpc) is 2.73. The lowest BCUT2D eigenvalue weighted by molar-refractivity contribution is 0.161. The van der Waals surface area contributed by atoms with Gasteiger partial charge < -0.3 is 10.2 Å². The second-order valence-corrected chi connectivity index (χ2v) is 6.09. The Kier molecular flexibility index (Phi) is 4.54. The van der Waals surface area contributed by atoms with Gasteiger partial charge in [0.05, 0.1) is 11.2 Å². The molecule has 0 amide bonds. The Morgan fingerprint density at radius 3 is 2.71 bits per heavy atom. The number of aromatic nitrogens is 1. The van der Waals surface area contributed by atoms with Crippen LogP contribution in [0, 0.1) is 6.92 Å². The zero-order valence-corrected chi connectivity index (χ0v) is 11.9. The van der Waals surface area contributed by atoms with Crippen LogP contribution in [0.3, 0.4) is 0 Å². The minimum Gasteiger partial charge on any atom is -0.309 e. The summed E-state index contributed by atoms with van der Waals surface area (Å²) in [5.41, 5.74) is 3.12. The Balaban J connectivity index is 1.74. The highest BCUT2D eigenvalue weighted by molar-refractivity contribution is 7.09. The maximum absolute atomic E-state index is 4.29. The van der Waals surface area contributed by atoms with Crippen molar-refractivity contribution in [1.82, 2.24) is 15.2 Å². The fraction of sp³-hybridized carbons (Fsp3) is 0.769. The second-order valence-electron chi connectivity index (χ2n) is 5.15. The zero-order valence-electron chi connectivity index (χ0n) is 11.1. The summed E-state index contributed by atoms with van der Waals surface area (Å²) in [7, 11) is 0. The summed E-state index contributed by atoms with van der Waals surface area (Å²) in [5, 5.41) is 3.67. The molecule has 1 fully saturated rings. The van der Waals surface area contributed by atoms with Crippen LogP contribution in [0.1, 0.15) is 37.3 Å². The lowest BCUT2D eigenvalue weighted by Gasteiger charge is -2.34. The molecule has 0 bridgehead atoms. The number of nitrogens with zero attached hydrogens (tertiary/aromatic N) is 2. The van der Waals surface area contributed by atoms with Crippen LogP contribution < -0.4 is 5.32 Å². The Morgan fingerprint density at radius 1 is 1.47 bits per heavy atom. The van der Waals surface area contributed by atoms with Crippen LogP contribution in [-0.4, -0.2) is 35.1 Å². The molecule has 96 valence electrons. The number of rotatable bonds is 4. The summed E-state index contributed by atoms with van der Waals surface area (Å²) < 4.78 is 0. The largest absolute Gasteiger partial charge is 0.309 e. The van der Waals surface area contributed by atoms with Crippen LogP contribution in [0.2, 0.25) is 0 Å². The second kappa shape index (κ2) is 5.94. The van der Waals surface area contributed by atoms with E-state index < -0.39 is 0 Å². The van der Waals surface area contributed by atoms with Crippen molar-refractivity contribution in [3.63, 3.8) is 0 Å². The third-order valence-electron chi connectivity index (χ3n) is 3.66. The molecule has 1 saturated heterocycles. The monoisotopic (exact) mass is 253 g/mol. The third kappa shape index (κ3) is 3.50. The number of nitrogens with one attached hydrogen (secondary N) is 1. The predicted molar refractivity (Wildman–Crippen MR) is 73.4 cm³/mol.